The minimum Gasteiger partial charge on any atom is -0.481 e. The summed E-state index contributed by atoms with van der Waals surface area (Å²) in [5, 5.41) is 11.5. The largest absolute Gasteiger partial charge is 0.481 e. The van der Waals surface area contributed by atoms with Crippen LogP contribution in [0, 0.1) is 5.92 Å². The van der Waals surface area contributed by atoms with Gasteiger partial charge in [0.1, 0.15) is 0 Å². The molecule has 52 valence electrons. The standard InChI is InChI=1S/C6H11NO2/c8-6(9)3-5-1-2-7-4-5/h5,7H,1-4H2,(H,8,9)/t5-/m0/s1. The summed E-state index contributed by atoms with van der Waals surface area (Å²) in [4.78, 5) is 10.1. The molecule has 3 nitrogen and oxygen atoms in total. The van der Waals surface area contributed by atoms with E-state index in [2.05, 4.69) is 5.32 Å². The Bertz CT molecular complexity index is 108. The Balaban J connectivity index is 2.19. The van der Waals surface area contributed by atoms with Crippen LogP contribution in [0.4, 0.5) is 0 Å². The lowest BCUT2D eigenvalue weighted by molar-refractivity contribution is -0.137. The molecule has 0 spiro atoms. The SMILES string of the molecule is O=C(O)C[C@@H]1CCNC1. The molecule has 1 atom stereocenters. The van der Waals surface area contributed by atoms with Gasteiger partial charge in [0, 0.05) is 6.42 Å². The van der Waals surface area contributed by atoms with E-state index >= 15 is 0 Å². The third kappa shape index (κ3) is 2.01. The molecule has 1 aliphatic rings. The number of hydrogen-bond donors (Lipinski definition) is 2. The molecule has 0 unspecified atom stereocenters. The number of nitrogens with one attached hydrogen (secondary N) is 1. The first-order chi connectivity index (χ1) is 4.29. The number of aliphatic carboxylic acids is 1. The van der Waals surface area contributed by atoms with Crippen molar-refractivity contribution in [3.8, 4) is 0 Å². The van der Waals surface area contributed by atoms with Crippen molar-refractivity contribution in [2.24, 2.45) is 5.92 Å². The topological polar surface area (TPSA) is 49.3 Å². The lowest BCUT2D eigenvalue weighted by Crippen LogP contribution is -2.11. The molecule has 1 heterocycles. The molecule has 2 N–H and O–H groups in total. The Morgan fingerprint density at radius 2 is 2.56 bits per heavy atom. The van der Waals surface area contributed by atoms with E-state index in [1.807, 2.05) is 0 Å². The maximum absolute atomic E-state index is 10.1. The van der Waals surface area contributed by atoms with Crippen LogP contribution in [0.3, 0.4) is 0 Å². The average Bonchev–Trinajstić information content (AvgIpc) is 2.15. The maximum Gasteiger partial charge on any atom is 0.303 e. The van der Waals surface area contributed by atoms with Crippen molar-refractivity contribution in [3.05, 3.63) is 0 Å². The summed E-state index contributed by atoms with van der Waals surface area (Å²) in [5.74, 6) is -0.300. The Kier molecular flexibility index (Phi) is 2.05. The second kappa shape index (κ2) is 2.82. The highest BCUT2D eigenvalue weighted by atomic mass is 16.4. The smallest absolute Gasteiger partial charge is 0.303 e. The van der Waals surface area contributed by atoms with Gasteiger partial charge in [0.05, 0.1) is 0 Å². The van der Waals surface area contributed by atoms with E-state index in [-0.39, 0.29) is 0 Å². The fourth-order valence-electron chi connectivity index (χ4n) is 1.14. The molecule has 0 radical (unpaired) electrons. The third-order valence-corrected chi connectivity index (χ3v) is 1.63. The van der Waals surface area contributed by atoms with Crippen LogP contribution in [0.2, 0.25) is 0 Å². The van der Waals surface area contributed by atoms with E-state index in [1.165, 1.54) is 0 Å². The molecule has 1 saturated heterocycles. The molecule has 0 bridgehead atoms. The van der Waals surface area contributed by atoms with E-state index < -0.39 is 5.97 Å². The molecular formula is C6H11NO2. The van der Waals surface area contributed by atoms with Gasteiger partial charge in [-0.25, -0.2) is 0 Å². The quantitative estimate of drug-likeness (QED) is 0.554. The Hall–Kier alpha value is -0.570. The van der Waals surface area contributed by atoms with Crippen molar-refractivity contribution in [3.63, 3.8) is 0 Å². The molecular weight excluding hydrogens is 118 g/mol. The van der Waals surface area contributed by atoms with Crippen LogP contribution in [0.5, 0.6) is 0 Å². The van der Waals surface area contributed by atoms with Gasteiger partial charge in [-0.3, -0.25) is 4.79 Å². The van der Waals surface area contributed by atoms with E-state index in [9.17, 15) is 4.79 Å². The summed E-state index contributed by atoms with van der Waals surface area (Å²) in [6.45, 7) is 1.87. The minimum atomic E-state index is -0.677. The van der Waals surface area contributed by atoms with Crippen molar-refractivity contribution >= 4 is 5.97 Å². The van der Waals surface area contributed by atoms with Crippen molar-refractivity contribution in [2.75, 3.05) is 13.1 Å². The van der Waals surface area contributed by atoms with Gasteiger partial charge in [-0.05, 0) is 25.4 Å². The third-order valence-electron chi connectivity index (χ3n) is 1.63. The summed E-state index contributed by atoms with van der Waals surface area (Å²) in [7, 11) is 0. The Morgan fingerprint density at radius 1 is 1.78 bits per heavy atom. The highest BCUT2D eigenvalue weighted by Gasteiger charge is 2.16. The highest BCUT2D eigenvalue weighted by Crippen LogP contribution is 2.10. The van der Waals surface area contributed by atoms with Gasteiger partial charge in [-0.2, -0.15) is 0 Å². The molecule has 1 aliphatic heterocycles. The van der Waals surface area contributed by atoms with Crippen LogP contribution in [-0.2, 0) is 4.79 Å². The Morgan fingerprint density at radius 3 is 3.00 bits per heavy atom. The average molecular weight is 129 g/mol. The van der Waals surface area contributed by atoms with E-state index in [1.54, 1.807) is 0 Å². The molecule has 1 rings (SSSR count). The van der Waals surface area contributed by atoms with Crippen molar-refractivity contribution in [1.82, 2.24) is 5.32 Å². The van der Waals surface area contributed by atoms with Crippen LogP contribution >= 0.6 is 0 Å². The van der Waals surface area contributed by atoms with Gasteiger partial charge < -0.3 is 10.4 Å². The van der Waals surface area contributed by atoms with E-state index in [4.69, 9.17) is 5.11 Å². The van der Waals surface area contributed by atoms with E-state index in [0.717, 1.165) is 19.5 Å². The first kappa shape index (κ1) is 6.55. The Labute approximate surface area is 54.1 Å². The lowest BCUT2D eigenvalue weighted by Gasteiger charge is -2.00. The van der Waals surface area contributed by atoms with Crippen molar-refractivity contribution in [1.29, 1.82) is 0 Å². The second-order valence-corrected chi connectivity index (χ2v) is 2.46. The molecule has 0 aromatic carbocycles. The zero-order valence-corrected chi connectivity index (χ0v) is 5.26. The fraction of sp³-hybridized carbons (Fsp3) is 0.833. The maximum atomic E-state index is 10.1. The van der Waals surface area contributed by atoms with Gasteiger partial charge in [0.2, 0.25) is 0 Å². The minimum absolute atomic E-state index is 0.326. The number of carbonyl (C=O) groups is 1. The first-order valence-corrected chi connectivity index (χ1v) is 3.21. The lowest BCUT2D eigenvalue weighted by atomic mass is 10.1. The predicted molar refractivity (Wildman–Crippen MR) is 33.2 cm³/mol. The molecule has 3 heteroatoms. The monoisotopic (exact) mass is 129 g/mol. The number of carboxylic acid groups (broad SMARTS) is 1. The van der Waals surface area contributed by atoms with Crippen LogP contribution in [0.15, 0.2) is 0 Å². The van der Waals surface area contributed by atoms with Crippen LogP contribution in [0.1, 0.15) is 12.8 Å². The molecule has 0 aromatic rings. The molecule has 1 fully saturated rings. The van der Waals surface area contributed by atoms with Gasteiger partial charge in [0.15, 0.2) is 0 Å². The van der Waals surface area contributed by atoms with Gasteiger partial charge in [0.25, 0.3) is 0 Å². The zero-order valence-electron chi connectivity index (χ0n) is 5.26. The number of carboxylic acids is 1. The molecule has 0 amide bonds. The summed E-state index contributed by atoms with van der Waals surface area (Å²) in [6, 6.07) is 0. The predicted octanol–water partition coefficient (Wildman–Crippen LogP) is 0.0706. The number of hydrogen-bond acceptors (Lipinski definition) is 2. The summed E-state index contributed by atoms with van der Waals surface area (Å²) in [6.07, 6.45) is 1.35. The van der Waals surface area contributed by atoms with Gasteiger partial charge in [-0.1, -0.05) is 0 Å². The second-order valence-electron chi connectivity index (χ2n) is 2.46. The van der Waals surface area contributed by atoms with Crippen LogP contribution in [-0.4, -0.2) is 24.2 Å². The molecule has 9 heavy (non-hydrogen) atoms. The van der Waals surface area contributed by atoms with Crippen LogP contribution in [0.25, 0.3) is 0 Å². The zero-order chi connectivity index (χ0) is 6.69. The summed E-state index contributed by atoms with van der Waals surface area (Å²) in [5.41, 5.74) is 0. The van der Waals surface area contributed by atoms with Crippen molar-refractivity contribution in [2.45, 2.75) is 12.8 Å². The highest BCUT2D eigenvalue weighted by molar-refractivity contribution is 5.67. The fourth-order valence-corrected chi connectivity index (χ4v) is 1.14. The summed E-state index contributed by atoms with van der Waals surface area (Å²) < 4.78 is 0. The van der Waals surface area contributed by atoms with Gasteiger partial charge in [-0.15, -0.1) is 0 Å². The molecule has 0 aromatic heterocycles. The van der Waals surface area contributed by atoms with Crippen LogP contribution < -0.4 is 5.32 Å². The first-order valence-electron chi connectivity index (χ1n) is 3.21. The molecule has 0 aliphatic carbocycles. The van der Waals surface area contributed by atoms with Gasteiger partial charge >= 0.3 is 5.97 Å². The number of rotatable bonds is 2. The van der Waals surface area contributed by atoms with E-state index in [0.29, 0.717) is 12.3 Å². The normalized spacial score (nSPS) is 26.4. The summed E-state index contributed by atoms with van der Waals surface area (Å²) >= 11 is 0. The van der Waals surface area contributed by atoms with Crippen molar-refractivity contribution < 1.29 is 9.90 Å². The molecule has 0 saturated carbocycles.